The van der Waals surface area contributed by atoms with Gasteiger partial charge >= 0.3 is 0 Å². The van der Waals surface area contributed by atoms with E-state index in [0.29, 0.717) is 0 Å². The van der Waals surface area contributed by atoms with Crippen molar-refractivity contribution < 1.29 is 9.91 Å². The minimum absolute atomic E-state index is 0.0249. The van der Waals surface area contributed by atoms with Crippen LogP contribution in [0.2, 0.25) is 18.1 Å². The molecule has 0 unspecified atom stereocenters. The summed E-state index contributed by atoms with van der Waals surface area (Å²) in [5, 5.41) is -0.0249. The fraction of sp³-hybridized carbons (Fsp3) is 1.00. The van der Waals surface area contributed by atoms with E-state index in [1.807, 2.05) is 13.1 Å². The number of rotatable bonds is 6. The fourth-order valence-electron chi connectivity index (χ4n) is 0.494. The molecule has 0 radical (unpaired) electrons. The average Bonchev–Trinajstić information content (AvgIpc) is 1.95. The highest BCUT2D eigenvalue weighted by molar-refractivity contribution is 14.1. The predicted octanol–water partition coefficient (Wildman–Crippen LogP) is 4.18. The molecule has 0 saturated heterocycles. The molecule has 0 bridgehead atoms. The molecule has 0 N–H and O–H groups in total. The van der Waals surface area contributed by atoms with Gasteiger partial charge < -0.3 is 4.43 Å². The Kier molecular flexibility index (Phi) is 4.49. The van der Waals surface area contributed by atoms with Crippen LogP contribution in [0.25, 0.3) is 0 Å². The highest BCUT2D eigenvalue weighted by Gasteiger charge is 2.36. The molecular formula is C10H23IOSSi. The second-order valence-corrected chi connectivity index (χ2v) is 11.1. The molecule has 0 fully saturated rings. The quantitative estimate of drug-likeness (QED) is 0.404. The van der Waals surface area contributed by atoms with Crippen molar-refractivity contribution in [1.29, 1.82) is 0 Å². The minimum Gasteiger partial charge on any atom is -0.416 e. The van der Waals surface area contributed by atoms with E-state index < -0.39 is 19.3 Å². The first-order chi connectivity index (χ1) is 7.66. The van der Waals surface area contributed by atoms with Gasteiger partial charge in [-0.15, -0.1) is 0 Å². The molecule has 0 spiro atoms. The van der Waals surface area contributed by atoms with Crippen LogP contribution >= 0.6 is 34.4 Å². The molecule has 0 aromatic heterocycles. The monoisotopic (exact) mass is 350 g/mol. The van der Waals surface area contributed by atoms with Crippen LogP contribution in [0.3, 0.4) is 0 Å². The normalized spacial score (nSPS) is 19.6. The summed E-state index contributed by atoms with van der Waals surface area (Å²) >= 11 is 2.99. The molecule has 0 aromatic rings. The maximum absolute atomic E-state index is 7.90. The van der Waals surface area contributed by atoms with E-state index in [1.165, 1.54) is 11.8 Å². The summed E-state index contributed by atoms with van der Waals surface area (Å²) < 4.78 is 35.0. The number of hydrogen-bond donors (Lipinski definition) is 0. The highest BCUT2D eigenvalue weighted by atomic mass is 127. The van der Waals surface area contributed by atoms with Crippen LogP contribution in [0.15, 0.2) is 0 Å². The average molecular weight is 350 g/mol. The van der Waals surface area contributed by atoms with Crippen molar-refractivity contribution in [3.05, 3.63) is 0 Å². The number of alkyl halides is 1. The third kappa shape index (κ3) is 5.98. The Morgan fingerprint density at radius 2 is 1.93 bits per heavy atom. The molecule has 0 aliphatic rings. The van der Waals surface area contributed by atoms with E-state index in [1.54, 1.807) is 22.6 Å². The molecule has 0 aliphatic heterocycles. The van der Waals surface area contributed by atoms with Gasteiger partial charge in [-0.1, -0.05) is 43.4 Å². The SMILES string of the molecule is [2H]C([2H])(I)CSCC([2H])([2H])O[Si](C)(C)C(C)(C)C. The third-order valence-electron chi connectivity index (χ3n) is 2.45. The maximum atomic E-state index is 7.90. The second kappa shape index (κ2) is 6.76. The van der Waals surface area contributed by atoms with E-state index in [9.17, 15) is 0 Å². The zero-order valence-electron chi connectivity index (χ0n) is 13.6. The largest absolute Gasteiger partial charge is 0.416 e. The van der Waals surface area contributed by atoms with Crippen LogP contribution in [0.4, 0.5) is 0 Å². The molecule has 14 heavy (non-hydrogen) atoms. The van der Waals surface area contributed by atoms with Gasteiger partial charge in [-0.3, -0.25) is 0 Å². The van der Waals surface area contributed by atoms with E-state index in [-0.39, 0.29) is 16.5 Å². The molecule has 0 aromatic carbocycles. The zero-order chi connectivity index (χ0) is 14.8. The summed E-state index contributed by atoms with van der Waals surface area (Å²) in [4.78, 5) is 0. The summed E-state index contributed by atoms with van der Waals surface area (Å²) in [7, 11) is -2.12. The Morgan fingerprint density at radius 1 is 1.36 bits per heavy atom. The Bertz CT molecular complexity index is 276. The smallest absolute Gasteiger partial charge is 0.192 e. The number of halogens is 1. The summed E-state index contributed by atoms with van der Waals surface area (Å²) in [6.45, 7) is 8.58. The van der Waals surface area contributed by atoms with Crippen LogP contribution in [-0.2, 0) is 4.43 Å². The summed E-state index contributed by atoms with van der Waals surface area (Å²) in [5.41, 5.74) is 0. The van der Waals surface area contributed by atoms with Crippen molar-refractivity contribution in [3.8, 4) is 0 Å². The lowest BCUT2D eigenvalue weighted by Crippen LogP contribution is -2.41. The topological polar surface area (TPSA) is 9.23 Å². The lowest BCUT2D eigenvalue weighted by Gasteiger charge is -2.36. The van der Waals surface area contributed by atoms with E-state index in [2.05, 4.69) is 20.8 Å². The molecule has 0 saturated carbocycles. The Labute approximate surface area is 114 Å². The predicted molar refractivity (Wildman–Crippen MR) is 79.4 cm³/mol. The van der Waals surface area contributed by atoms with Gasteiger partial charge in [-0.2, -0.15) is 11.8 Å². The zero-order valence-corrected chi connectivity index (χ0v) is 13.6. The molecule has 0 aliphatic carbocycles. The van der Waals surface area contributed by atoms with Gasteiger partial charge in [0.25, 0.3) is 0 Å². The molecule has 86 valence electrons. The van der Waals surface area contributed by atoms with E-state index in [0.717, 1.165) is 0 Å². The van der Waals surface area contributed by atoms with Gasteiger partial charge in [-0.05, 0) is 18.1 Å². The Hall–Kier alpha value is 1.26. The molecule has 4 heteroatoms. The summed E-state index contributed by atoms with van der Waals surface area (Å²) in [6, 6.07) is 0. The maximum Gasteiger partial charge on any atom is 0.192 e. The van der Waals surface area contributed by atoms with Crippen molar-refractivity contribution in [2.75, 3.05) is 22.4 Å². The van der Waals surface area contributed by atoms with Gasteiger partial charge in [0.05, 0.1) is 2.74 Å². The number of thioether (sulfide) groups is 1. The number of hydrogen-bond acceptors (Lipinski definition) is 2. The minimum atomic E-state index is -2.12. The summed E-state index contributed by atoms with van der Waals surface area (Å²) in [5.74, 6) is 0.440. The van der Waals surface area contributed by atoms with Crippen LogP contribution in [0, 0.1) is 0 Å². The van der Waals surface area contributed by atoms with Gasteiger partial charge in [0.1, 0.15) is 0 Å². The van der Waals surface area contributed by atoms with Crippen LogP contribution in [0.5, 0.6) is 0 Å². The third-order valence-corrected chi connectivity index (χ3v) is 8.29. The van der Waals surface area contributed by atoms with Gasteiger partial charge in [0, 0.05) is 25.2 Å². The van der Waals surface area contributed by atoms with Crippen molar-refractivity contribution >= 4 is 42.7 Å². The molecule has 0 atom stereocenters. The van der Waals surface area contributed by atoms with Crippen LogP contribution < -0.4 is 0 Å². The Morgan fingerprint density at radius 3 is 2.36 bits per heavy atom. The molecule has 0 rings (SSSR count). The first-order valence-corrected chi connectivity index (χ1v) is 9.77. The highest BCUT2D eigenvalue weighted by Crippen LogP contribution is 2.36. The summed E-state index contributed by atoms with van der Waals surface area (Å²) in [6.07, 6.45) is 0. The lowest BCUT2D eigenvalue weighted by atomic mass is 10.2. The molecule has 0 amide bonds. The van der Waals surface area contributed by atoms with Gasteiger partial charge in [0.2, 0.25) is 0 Å². The second-order valence-electron chi connectivity index (χ2n) is 4.63. The molecule has 0 heterocycles. The standard InChI is InChI=1S/C10H23IOSSi/c1-10(2,3)14(4,5)12-7-9-13-8-6-11/h6-9H2,1-5H3/i6D2,7D2. The van der Waals surface area contributed by atoms with Crippen molar-refractivity contribution in [2.45, 2.75) is 38.9 Å². The fourth-order valence-corrected chi connectivity index (χ4v) is 2.32. The van der Waals surface area contributed by atoms with Crippen molar-refractivity contribution in [3.63, 3.8) is 0 Å². The van der Waals surface area contributed by atoms with Gasteiger partial charge in [0.15, 0.2) is 8.32 Å². The first kappa shape index (κ1) is 9.30. The lowest BCUT2D eigenvalue weighted by molar-refractivity contribution is 0.311. The van der Waals surface area contributed by atoms with Crippen LogP contribution in [-0.4, -0.2) is 30.8 Å². The van der Waals surface area contributed by atoms with Crippen molar-refractivity contribution in [2.24, 2.45) is 0 Å². The van der Waals surface area contributed by atoms with Crippen molar-refractivity contribution in [1.82, 2.24) is 0 Å². The van der Waals surface area contributed by atoms with Crippen LogP contribution in [0.1, 0.15) is 26.3 Å². The van der Waals surface area contributed by atoms with Gasteiger partial charge in [-0.25, -0.2) is 0 Å². The Balaban J connectivity index is 4.40. The first-order valence-electron chi connectivity index (χ1n) is 6.63. The van der Waals surface area contributed by atoms with E-state index >= 15 is 0 Å². The molecular weight excluding hydrogens is 323 g/mol. The molecule has 1 nitrogen and oxygen atoms in total. The van der Waals surface area contributed by atoms with E-state index in [4.69, 9.17) is 9.91 Å².